The summed E-state index contributed by atoms with van der Waals surface area (Å²) in [7, 11) is 3.43. The lowest BCUT2D eigenvalue weighted by Gasteiger charge is -2.23. The number of nitrogens with zero attached hydrogens (tertiary/aromatic N) is 1. The molecule has 0 heterocycles. The largest absolute Gasteiger partial charge is 0.497 e. The lowest BCUT2D eigenvalue weighted by atomic mass is 10.0. The third-order valence-corrected chi connectivity index (χ3v) is 4.62. The van der Waals surface area contributed by atoms with E-state index in [1.165, 1.54) is 0 Å². The first-order valence-corrected chi connectivity index (χ1v) is 8.70. The average Bonchev–Trinajstić information content (AvgIpc) is 3.41. The summed E-state index contributed by atoms with van der Waals surface area (Å²) in [5, 5.41) is 2.94. The molecular weight excluding hydrogens is 304 g/mol. The van der Waals surface area contributed by atoms with Gasteiger partial charge in [0.15, 0.2) is 0 Å². The molecule has 1 aliphatic carbocycles. The van der Waals surface area contributed by atoms with Crippen LogP contribution in [-0.2, 0) is 16.0 Å². The summed E-state index contributed by atoms with van der Waals surface area (Å²) in [6.07, 6.45) is 4.05. The highest BCUT2D eigenvalue weighted by Gasteiger charge is 2.57. The number of hydrogen-bond acceptors (Lipinski definition) is 3. The minimum absolute atomic E-state index is 0.0326. The standard InChI is InChI=1S/C19H28N2O3/c1-4-5-13-21(2)18(23)19(10-11-19)17(22)20-12-9-15-7-6-8-16(14-15)24-3/h6-8,14H,4-5,9-13H2,1-3H3,(H,20,22). The molecular formula is C19H28N2O3. The summed E-state index contributed by atoms with van der Waals surface area (Å²) >= 11 is 0. The van der Waals surface area contributed by atoms with Gasteiger partial charge in [0.25, 0.3) is 0 Å². The fraction of sp³-hybridized carbons (Fsp3) is 0.579. The van der Waals surface area contributed by atoms with Crippen molar-refractivity contribution in [1.82, 2.24) is 10.2 Å². The molecule has 5 nitrogen and oxygen atoms in total. The van der Waals surface area contributed by atoms with Crippen molar-refractivity contribution in [2.45, 2.75) is 39.0 Å². The number of carbonyl (C=O) groups is 2. The number of methoxy groups -OCH3 is 1. The molecule has 0 saturated heterocycles. The van der Waals surface area contributed by atoms with Gasteiger partial charge in [-0.2, -0.15) is 0 Å². The van der Waals surface area contributed by atoms with Crippen LogP contribution in [0, 0.1) is 5.41 Å². The Labute approximate surface area is 144 Å². The van der Waals surface area contributed by atoms with Crippen molar-refractivity contribution in [2.75, 3.05) is 27.2 Å². The molecule has 0 spiro atoms. The monoisotopic (exact) mass is 332 g/mol. The number of unbranched alkanes of at least 4 members (excludes halogenated alkanes) is 1. The molecule has 1 aromatic carbocycles. The van der Waals surface area contributed by atoms with Crippen molar-refractivity contribution < 1.29 is 14.3 Å². The predicted octanol–water partition coefficient (Wildman–Crippen LogP) is 2.39. The van der Waals surface area contributed by atoms with Gasteiger partial charge in [-0.3, -0.25) is 9.59 Å². The van der Waals surface area contributed by atoms with Crippen LogP contribution in [0.5, 0.6) is 5.75 Å². The fourth-order valence-corrected chi connectivity index (χ4v) is 2.84. The van der Waals surface area contributed by atoms with Crippen LogP contribution >= 0.6 is 0 Å². The Morgan fingerprint density at radius 1 is 1.33 bits per heavy atom. The van der Waals surface area contributed by atoms with Crippen molar-refractivity contribution in [3.8, 4) is 5.75 Å². The molecule has 0 aromatic heterocycles. The third-order valence-electron chi connectivity index (χ3n) is 4.62. The number of hydrogen-bond donors (Lipinski definition) is 1. The van der Waals surface area contributed by atoms with E-state index in [1.807, 2.05) is 24.3 Å². The summed E-state index contributed by atoms with van der Waals surface area (Å²) in [5.41, 5.74) is 0.294. The Morgan fingerprint density at radius 2 is 2.08 bits per heavy atom. The lowest BCUT2D eigenvalue weighted by Crippen LogP contribution is -2.44. The van der Waals surface area contributed by atoms with Gasteiger partial charge in [0.1, 0.15) is 11.2 Å². The molecule has 0 aliphatic heterocycles. The van der Waals surface area contributed by atoms with Crippen LogP contribution in [0.1, 0.15) is 38.2 Å². The van der Waals surface area contributed by atoms with Gasteiger partial charge in [-0.25, -0.2) is 0 Å². The van der Waals surface area contributed by atoms with Crippen LogP contribution in [0.3, 0.4) is 0 Å². The minimum atomic E-state index is -0.809. The highest BCUT2D eigenvalue weighted by molar-refractivity contribution is 6.07. The van der Waals surface area contributed by atoms with Crippen LogP contribution < -0.4 is 10.1 Å². The second-order valence-corrected chi connectivity index (χ2v) is 6.52. The van der Waals surface area contributed by atoms with Gasteiger partial charge in [-0.1, -0.05) is 25.5 Å². The molecule has 2 amide bonds. The van der Waals surface area contributed by atoms with Gasteiger partial charge < -0.3 is 15.0 Å². The van der Waals surface area contributed by atoms with Gasteiger partial charge in [0, 0.05) is 20.1 Å². The number of rotatable bonds is 9. The Morgan fingerprint density at radius 3 is 2.71 bits per heavy atom. The second-order valence-electron chi connectivity index (χ2n) is 6.52. The zero-order valence-electron chi connectivity index (χ0n) is 14.9. The van der Waals surface area contributed by atoms with Crippen LogP contribution in [0.25, 0.3) is 0 Å². The molecule has 0 atom stereocenters. The molecule has 132 valence electrons. The Kier molecular flexibility index (Phi) is 6.23. The van der Waals surface area contributed by atoms with Crippen LogP contribution in [0.15, 0.2) is 24.3 Å². The normalized spacial score (nSPS) is 14.8. The van der Waals surface area contributed by atoms with E-state index in [1.54, 1.807) is 19.1 Å². The van der Waals surface area contributed by atoms with Crippen molar-refractivity contribution in [2.24, 2.45) is 5.41 Å². The van der Waals surface area contributed by atoms with E-state index in [4.69, 9.17) is 4.74 Å². The number of nitrogens with one attached hydrogen (secondary N) is 1. The van der Waals surface area contributed by atoms with Gasteiger partial charge in [-0.15, -0.1) is 0 Å². The molecule has 0 bridgehead atoms. The van der Waals surface area contributed by atoms with E-state index in [2.05, 4.69) is 12.2 Å². The first-order chi connectivity index (χ1) is 11.5. The number of benzene rings is 1. The molecule has 1 N–H and O–H groups in total. The first kappa shape index (κ1) is 18.3. The molecule has 5 heteroatoms. The van der Waals surface area contributed by atoms with E-state index in [0.717, 1.165) is 30.6 Å². The molecule has 24 heavy (non-hydrogen) atoms. The Bertz CT molecular complexity index is 582. The van der Waals surface area contributed by atoms with Crippen LogP contribution in [0.4, 0.5) is 0 Å². The zero-order valence-corrected chi connectivity index (χ0v) is 14.9. The zero-order chi connectivity index (χ0) is 17.6. The molecule has 0 unspecified atom stereocenters. The maximum absolute atomic E-state index is 12.5. The van der Waals surface area contributed by atoms with Crippen molar-refractivity contribution in [1.29, 1.82) is 0 Å². The number of ether oxygens (including phenoxy) is 1. The maximum atomic E-state index is 12.5. The summed E-state index contributed by atoms with van der Waals surface area (Å²) < 4.78 is 5.20. The van der Waals surface area contributed by atoms with Crippen molar-refractivity contribution in [3.05, 3.63) is 29.8 Å². The highest BCUT2D eigenvalue weighted by Crippen LogP contribution is 2.47. The van der Waals surface area contributed by atoms with Crippen LogP contribution in [-0.4, -0.2) is 44.0 Å². The van der Waals surface area contributed by atoms with Crippen molar-refractivity contribution >= 4 is 11.8 Å². The number of amides is 2. The molecule has 1 saturated carbocycles. The quantitative estimate of drug-likeness (QED) is 0.707. The number of carbonyl (C=O) groups excluding carboxylic acids is 2. The SMILES string of the molecule is CCCCN(C)C(=O)C1(C(=O)NCCc2cccc(OC)c2)CC1. The topological polar surface area (TPSA) is 58.6 Å². The van der Waals surface area contributed by atoms with Gasteiger partial charge in [0.2, 0.25) is 11.8 Å². The van der Waals surface area contributed by atoms with Crippen LogP contribution in [0.2, 0.25) is 0 Å². The smallest absolute Gasteiger partial charge is 0.238 e. The molecule has 2 rings (SSSR count). The fourth-order valence-electron chi connectivity index (χ4n) is 2.84. The third kappa shape index (κ3) is 4.28. The minimum Gasteiger partial charge on any atom is -0.497 e. The van der Waals surface area contributed by atoms with Gasteiger partial charge in [-0.05, 0) is 43.4 Å². The lowest BCUT2D eigenvalue weighted by molar-refractivity contribution is -0.143. The molecule has 1 aromatic rings. The van der Waals surface area contributed by atoms with E-state index < -0.39 is 5.41 Å². The van der Waals surface area contributed by atoms with Gasteiger partial charge >= 0.3 is 0 Å². The first-order valence-electron chi connectivity index (χ1n) is 8.70. The maximum Gasteiger partial charge on any atom is 0.238 e. The summed E-state index contributed by atoms with van der Waals surface area (Å²) in [6.45, 7) is 3.34. The summed E-state index contributed by atoms with van der Waals surface area (Å²) in [5.74, 6) is 0.652. The molecule has 1 fully saturated rings. The van der Waals surface area contributed by atoms with Crippen molar-refractivity contribution in [3.63, 3.8) is 0 Å². The predicted molar refractivity (Wildman–Crippen MR) is 93.9 cm³/mol. The Hall–Kier alpha value is -2.04. The molecule has 0 radical (unpaired) electrons. The summed E-state index contributed by atoms with van der Waals surface area (Å²) in [4.78, 5) is 26.7. The highest BCUT2D eigenvalue weighted by atomic mass is 16.5. The second kappa shape index (κ2) is 8.18. The van der Waals surface area contributed by atoms with E-state index in [0.29, 0.717) is 25.9 Å². The van der Waals surface area contributed by atoms with E-state index in [-0.39, 0.29) is 11.8 Å². The van der Waals surface area contributed by atoms with E-state index in [9.17, 15) is 9.59 Å². The van der Waals surface area contributed by atoms with Gasteiger partial charge in [0.05, 0.1) is 7.11 Å². The molecule has 1 aliphatic rings. The average molecular weight is 332 g/mol. The van der Waals surface area contributed by atoms with E-state index >= 15 is 0 Å². The Balaban J connectivity index is 1.84. The summed E-state index contributed by atoms with van der Waals surface area (Å²) in [6, 6.07) is 7.80.